The van der Waals surface area contributed by atoms with Crippen LogP contribution >= 0.6 is 11.6 Å². The monoisotopic (exact) mass is 317 g/mol. The molecule has 1 aromatic rings. The van der Waals surface area contributed by atoms with E-state index >= 15 is 0 Å². The van der Waals surface area contributed by atoms with E-state index < -0.39 is 28.8 Å². The summed E-state index contributed by atoms with van der Waals surface area (Å²) in [5.41, 5.74) is 0.708. The number of halogens is 4. The molecule has 1 aromatic carbocycles. The average molecular weight is 318 g/mol. The third kappa shape index (κ3) is 4.34. The number of nitrogens with one attached hydrogen (secondary N) is 1. The summed E-state index contributed by atoms with van der Waals surface area (Å²) >= 11 is 5.72. The Hall–Kier alpha value is -0.830. The summed E-state index contributed by atoms with van der Waals surface area (Å²) in [5.74, 6) is 0. The molecule has 0 amide bonds. The Balaban J connectivity index is 2.88. The lowest BCUT2D eigenvalue weighted by atomic mass is 10.2. The van der Waals surface area contributed by atoms with E-state index in [4.69, 9.17) is 16.7 Å². The van der Waals surface area contributed by atoms with Gasteiger partial charge in [0, 0.05) is 6.54 Å². The van der Waals surface area contributed by atoms with E-state index in [9.17, 15) is 21.6 Å². The Kier molecular flexibility index (Phi) is 4.83. The molecule has 9 heteroatoms. The van der Waals surface area contributed by atoms with Gasteiger partial charge in [-0.2, -0.15) is 13.2 Å². The van der Waals surface area contributed by atoms with Crippen LogP contribution < -0.4 is 4.72 Å². The van der Waals surface area contributed by atoms with E-state index in [1.807, 2.05) is 0 Å². The second-order valence-corrected chi connectivity index (χ2v) is 5.99. The SMILES string of the molecule is Cc1ccc(S(=O)(=O)NCC(O)C(F)(F)F)c(Cl)c1. The van der Waals surface area contributed by atoms with Gasteiger partial charge in [0.05, 0.1) is 5.02 Å². The van der Waals surface area contributed by atoms with Crippen LogP contribution in [0.25, 0.3) is 0 Å². The van der Waals surface area contributed by atoms with Crippen LogP contribution in [0, 0.1) is 6.92 Å². The summed E-state index contributed by atoms with van der Waals surface area (Å²) in [6, 6.07) is 4.01. The highest BCUT2D eigenvalue weighted by atomic mass is 35.5. The van der Waals surface area contributed by atoms with Crippen LogP contribution in [0.5, 0.6) is 0 Å². The summed E-state index contributed by atoms with van der Waals surface area (Å²) < 4.78 is 61.2. The Morgan fingerprint density at radius 3 is 2.47 bits per heavy atom. The van der Waals surface area contributed by atoms with Gasteiger partial charge in [-0.15, -0.1) is 0 Å². The Bertz CT molecular complexity index is 560. The molecule has 108 valence electrons. The second-order valence-electron chi connectivity index (χ2n) is 3.84. The average Bonchev–Trinajstić information content (AvgIpc) is 2.24. The number of rotatable bonds is 4. The van der Waals surface area contributed by atoms with Crippen molar-refractivity contribution in [2.24, 2.45) is 0 Å². The van der Waals surface area contributed by atoms with Crippen molar-refractivity contribution in [2.75, 3.05) is 6.54 Å². The van der Waals surface area contributed by atoms with Crippen LogP contribution in [0.2, 0.25) is 5.02 Å². The maximum absolute atomic E-state index is 12.0. The lowest BCUT2D eigenvalue weighted by Gasteiger charge is -2.15. The molecule has 0 bridgehead atoms. The number of aryl methyl sites for hydroxylation is 1. The number of hydrogen-bond acceptors (Lipinski definition) is 3. The zero-order valence-corrected chi connectivity index (χ0v) is 11.3. The molecule has 0 spiro atoms. The molecule has 1 atom stereocenters. The molecule has 0 fully saturated rings. The smallest absolute Gasteiger partial charge is 0.382 e. The van der Waals surface area contributed by atoms with E-state index in [2.05, 4.69) is 0 Å². The van der Waals surface area contributed by atoms with Gasteiger partial charge in [0.1, 0.15) is 4.90 Å². The zero-order chi connectivity index (χ0) is 14.8. The van der Waals surface area contributed by atoms with Gasteiger partial charge < -0.3 is 5.11 Å². The number of benzene rings is 1. The van der Waals surface area contributed by atoms with Gasteiger partial charge >= 0.3 is 6.18 Å². The number of alkyl halides is 3. The first-order valence-electron chi connectivity index (χ1n) is 5.04. The Morgan fingerprint density at radius 2 is 2.00 bits per heavy atom. The number of aliphatic hydroxyl groups is 1. The first kappa shape index (κ1) is 16.2. The lowest BCUT2D eigenvalue weighted by molar-refractivity contribution is -0.200. The van der Waals surface area contributed by atoms with Gasteiger partial charge in [-0.25, -0.2) is 13.1 Å². The van der Waals surface area contributed by atoms with Crippen molar-refractivity contribution in [1.82, 2.24) is 4.72 Å². The topological polar surface area (TPSA) is 66.4 Å². The van der Waals surface area contributed by atoms with Crippen molar-refractivity contribution in [1.29, 1.82) is 0 Å². The fraction of sp³-hybridized carbons (Fsp3) is 0.400. The molecule has 2 N–H and O–H groups in total. The van der Waals surface area contributed by atoms with Crippen LogP contribution in [0.15, 0.2) is 23.1 Å². The first-order valence-corrected chi connectivity index (χ1v) is 6.91. The van der Waals surface area contributed by atoms with Crippen LogP contribution in [0.3, 0.4) is 0 Å². The quantitative estimate of drug-likeness (QED) is 0.890. The van der Waals surface area contributed by atoms with Crippen LogP contribution in [0.1, 0.15) is 5.56 Å². The maximum atomic E-state index is 12.0. The summed E-state index contributed by atoms with van der Waals surface area (Å²) in [6.45, 7) is 0.513. The number of sulfonamides is 1. The summed E-state index contributed by atoms with van der Waals surface area (Å²) in [5, 5.41) is 8.62. The van der Waals surface area contributed by atoms with E-state index in [1.54, 1.807) is 11.6 Å². The molecule has 0 aliphatic rings. The normalized spacial score (nSPS) is 14.4. The highest BCUT2D eigenvalue weighted by molar-refractivity contribution is 7.89. The molecule has 0 aliphatic heterocycles. The minimum atomic E-state index is -4.89. The fourth-order valence-electron chi connectivity index (χ4n) is 1.21. The van der Waals surface area contributed by atoms with Gasteiger partial charge in [0.2, 0.25) is 10.0 Å². The number of aliphatic hydroxyl groups excluding tert-OH is 1. The Morgan fingerprint density at radius 1 is 1.42 bits per heavy atom. The van der Waals surface area contributed by atoms with Crippen molar-refractivity contribution in [3.05, 3.63) is 28.8 Å². The van der Waals surface area contributed by atoms with E-state index in [1.165, 1.54) is 18.2 Å². The molecule has 0 saturated heterocycles. The van der Waals surface area contributed by atoms with E-state index in [0.717, 1.165) is 0 Å². The zero-order valence-electron chi connectivity index (χ0n) is 9.70. The van der Waals surface area contributed by atoms with Crippen molar-refractivity contribution in [3.8, 4) is 0 Å². The summed E-state index contributed by atoms with van der Waals surface area (Å²) in [6.07, 6.45) is -7.66. The molecule has 0 heterocycles. The minimum absolute atomic E-state index is 0.103. The van der Waals surface area contributed by atoms with E-state index in [0.29, 0.717) is 5.56 Å². The van der Waals surface area contributed by atoms with Gasteiger partial charge in [0.15, 0.2) is 6.10 Å². The molecule has 0 aliphatic carbocycles. The third-order valence-corrected chi connectivity index (χ3v) is 4.13. The van der Waals surface area contributed by atoms with Crippen molar-refractivity contribution >= 4 is 21.6 Å². The van der Waals surface area contributed by atoms with Crippen molar-refractivity contribution in [2.45, 2.75) is 24.1 Å². The Labute approximate surface area is 113 Å². The molecular formula is C10H11ClF3NO3S. The predicted molar refractivity (Wildman–Crippen MR) is 63.4 cm³/mol. The van der Waals surface area contributed by atoms with Crippen molar-refractivity contribution in [3.63, 3.8) is 0 Å². The molecular weight excluding hydrogens is 307 g/mol. The molecule has 0 aromatic heterocycles. The van der Waals surface area contributed by atoms with E-state index in [-0.39, 0.29) is 9.92 Å². The van der Waals surface area contributed by atoms with Gasteiger partial charge in [-0.05, 0) is 24.6 Å². The molecule has 0 saturated carbocycles. The maximum Gasteiger partial charge on any atom is 0.415 e. The predicted octanol–water partition coefficient (Wildman–Crippen LogP) is 1.85. The molecule has 19 heavy (non-hydrogen) atoms. The highest BCUT2D eigenvalue weighted by Gasteiger charge is 2.38. The molecule has 0 radical (unpaired) electrons. The third-order valence-electron chi connectivity index (χ3n) is 2.22. The largest absolute Gasteiger partial charge is 0.415 e. The van der Waals surface area contributed by atoms with Gasteiger partial charge in [-0.3, -0.25) is 0 Å². The minimum Gasteiger partial charge on any atom is -0.382 e. The van der Waals surface area contributed by atoms with Crippen LogP contribution in [-0.2, 0) is 10.0 Å². The number of hydrogen-bond donors (Lipinski definition) is 2. The summed E-state index contributed by atoms with van der Waals surface area (Å²) in [4.78, 5) is -0.339. The first-order chi connectivity index (χ1) is 8.54. The van der Waals surface area contributed by atoms with Crippen molar-refractivity contribution < 1.29 is 26.7 Å². The van der Waals surface area contributed by atoms with Crippen LogP contribution in [0.4, 0.5) is 13.2 Å². The highest BCUT2D eigenvalue weighted by Crippen LogP contribution is 2.23. The molecule has 4 nitrogen and oxygen atoms in total. The second kappa shape index (κ2) is 5.66. The van der Waals surface area contributed by atoms with Gasteiger partial charge in [0.25, 0.3) is 0 Å². The summed E-state index contributed by atoms with van der Waals surface area (Å²) in [7, 11) is -4.20. The van der Waals surface area contributed by atoms with Crippen LogP contribution in [-0.4, -0.2) is 32.3 Å². The molecule has 1 unspecified atom stereocenters. The standard InChI is InChI=1S/C10H11ClF3NO3S/c1-6-2-3-8(7(11)4-6)19(17,18)15-5-9(16)10(12,13)14/h2-4,9,15-16H,5H2,1H3. The fourth-order valence-corrected chi connectivity index (χ4v) is 2.84. The molecule has 1 rings (SSSR count). The lowest BCUT2D eigenvalue weighted by Crippen LogP contribution is -2.40. The van der Waals surface area contributed by atoms with Gasteiger partial charge in [-0.1, -0.05) is 17.7 Å².